The molecule has 3 N–H and O–H groups in total. The summed E-state index contributed by atoms with van der Waals surface area (Å²) in [7, 11) is -4.28. The van der Waals surface area contributed by atoms with Gasteiger partial charge in [0.25, 0.3) is 0 Å². The Kier molecular flexibility index (Phi) is 4.16. The zero-order valence-corrected chi connectivity index (χ0v) is 13.5. The molecule has 1 aliphatic carbocycles. The molecule has 1 fully saturated rings. The van der Waals surface area contributed by atoms with Crippen LogP contribution in [0.25, 0.3) is 0 Å². The predicted molar refractivity (Wildman–Crippen MR) is 75.1 cm³/mol. The number of hydrogen-bond acceptors (Lipinski definition) is 3. The Balaban J connectivity index is 2.44. The second kappa shape index (κ2) is 5.22. The Morgan fingerprint density at radius 2 is 1.95 bits per heavy atom. The van der Waals surface area contributed by atoms with Crippen molar-refractivity contribution in [3.63, 3.8) is 0 Å². The van der Waals surface area contributed by atoms with E-state index in [0.29, 0.717) is 15.6 Å². The van der Waals surface area contributed by atoms with Crippen molar-refractivity contribution in [1.29, 1.82) is 0 Å². The molecular formula is C12H14BrF3N2O2S. The zero-order valence-electron chi connectivity index (χ0n) is 11.1. The molecule has 0 aromatic heterocycles. The summed E-state index contributed by atoms with van der Waals surface area (Å²) in [6.45, 7) is 1.61. The Labute approximate surface area is 129 Å². The van der Waals surface area contributed by atoms with Crippen molar-refractivity contribution in [3.8, 4) is 0 Å². The molecule has 21 heavy (non-hydrogen) atoms. The van der Waals surface area contributed by atoms with E-state index in [2.05, 4.69) is 15.9 Å². The van der Waals surface area contributed by atoms with E-state index in [1.54, 1.807) is 10.8 Å². The number of nitrogens with one attached hydrogen (secondary N) is 1. The SMILES string of the molecule is Cc1c(Br)cc(CN)cc1S(=O)(=O)NC1(C(F)(F)F)CC1. The third kappa shape index (κ3) is 3.10. The first-order valence-corrected chi connectivity index (χ1v) is 8.40. The van der Waals surface area contributed by atoms with Gasteiger partial charge in [0, 0.05) is 11.0 Å². The fraction of sp³-hybridized carbons (Fsp3) is 0.500. The van der Waals surface area contributed by atoms with Gasteiger partial charge in [-0.25, -0.2) is 8.42 Å². The van der Waals surface area contributed by atoms with Crippen LogP contribution in [-0.2, 0) is 16.6 Å². The maximum absolute atomic E-state index is 12.9. The second-order valence-corrected chi connectivity index (χ2v) is 7.60. The zero-order chi connectivity index (χ0) is 16.1. The molecule has 4 nitrogen and oxygen atoms in total. The minimum atomic E-state index is -4.60. The third-order valence-electron chi connectivity index (χ3n) is 3.50. The van der Waals surface area contributed by atoms with Crippen molar-refractivity contribution >= 4 is 26.0 Å². The van der Waals surface area contributed by atoms with Crippen LogP contribution in [0, 0.1) is 6.92 Å². The summed E-state index contributed by atoms with van der Waals surface area (Å²) < 4.78 is 65.6. The Morgan fingerprint density at radius 1 is 1.38 bits per heavy atom. The monoisotopic (exact) mass is 386 g/mol. The molecule has 9 heteroatoms. The maximum atomic E-state index is 12.9. The normalized spacial score (nSPS) is 17.8. The van der Waals surface area contributed by atoms with E-state index in [-0.39, 0.29) is 24.3 Å². The largest absolute Gasteiger partial charge is 0.407 e. The van der Waals surface area contributed by atoms with Crippen molar-refractivity contribution in [2.24, 2.45) is 5.73 Å². The van der Waals surface area contributed by atoms with Gasteiger partial charge in [0.15, 0.2) is 0 Å². The summed E-state index contributed by atoms with van der Waals surface area (Å²) in [6, 6.07) is 2.94. The summed E-state index contributed by atoms with van der Waals surface area (Å²) in [6.07, 6.45) is -5.09. The molecule has 118 valence electrons. The van der Waals surface area contributed by atoms with Crippen LogP contribution in [0.3, 0.4) is 0 Å². The topological polar surface area (TPSA) is 72.2 Å². The van der Waals surface area contributed by atoms with Crippen molar-refractivity contribution < 1.29 is 21.6 Å². The molecule has 2 rings (SSSR count). The summed E-state index contributed by atoms with van der Waals surface area (Å²) >= 11 is 3.19. The number of nitrogens with two attached hydrogens (primary N) is 1. The first-order valence-electron chi connectivity index (χ1n) is 6.12. The number of alkyl halides is 3. The molecule has 0 saturated heterocycles. The summed E-state index contributed by atoms with van der Waals surface area (Å²) in [5.41, 5.74) is 4.01. The van der Waals surface area contributed by atoms with E-state index in [0.717, 1.165) is 0 Å². The van der Waals surface area contributed by atoms with Crippen LogP contribution in [0.1, 0.15) is 24.0 Å². The maximum Gasteiger partial charge on any atom is 0.407 e. The van der Waals surface area contributed by atoms with Gasteiger partial charge >= 0.3 is 6.18 Å². The van der Waals surface area contributed by atoms with Gasteiger partial charge in [0.05, 0.1) is 4.90 Å². The molecule has 1 saturated carbocycles. The molecule has 0 atom stereocenters. The summed E-state index contributed by atoms with van der Waals surface area (Å²) in [4.78, 5) is -0.187. The van der Waals surface area contributed by atoms with Gasteiger partial charge in [0.2, 0.25) is 10.0 Å². The fourth-order valence-electron chi connectivity index (χ4n) is 1.98. The molecule has 0 heterocycles. The van der Waals surface area contributed by atoms with Gasteiger partial charge in [-0.05, 0) is 43.0 Å². The highest BCUT2D eigenvalue weighted by Crippen LogP contribution is 2.49. The molecule has 1 aromatic carbocycles. The van der Waals surface area contributed by atoms with Crippen LogP contribution in [0.2, 0.25) is 0 Å². The summed E-state index contributed by atoms with van der Waals surface area (Å²) in [5.74, 6) is 0. The van der Waals surface area contributed by atoms with E-state index in [9.17, 15) is 21.6 Å². The Morgan fingerprint density at radius 3 is 2.38 bits per heavy atom. The lowest BCUT2D eigenvalue weighted by molar-refractivity contribution is -0.160. The Bertz CT molecular complexity index is 670. The highest BCUT2D eigenvalue weighted by Gasteiger charge is 2.65. The number of sulfonamides is 1. The van der Waals surface area contributed by atoms with Crippen molar-refractivity contribution in [2.45, 2.75) is 42.9 Å². The molecule has 0 radical (unpaired) electrons. The first-order chi connectivity index (χ1) is 9.52. The first kappa shape index (κ1) is 16.7. The molecule has 0 aliphatic heterocycles. The van der Waals surface area contributed by atoms with E-state index in [1.165, 1.54) is 13.0 Å². The van der Waals surface area contributed by atoms with Gasteiger partial charge in [0.1, 0.15) is 5.54 Å². The smallest absolute Gasteiger partial charge is 0.326 e. The van der Waals surface area contributed by atoms with Crippen molar-refractivity contribution in [1.82, 2.24) is 4.72 Å². The highest BCUT2D eigenvalue weighted by atomic mass is 79.9. The molecule has 0 spiro atoms. The second-order valence-electron chi connectivity index (χ2n) is 5.09. The number of benzene rings is 1. The standard InChI is InChI=1S/C12H14BrF3N2O2S/c1-7-9(13)4-8(6-17)5-10(7)21(19,20)18-11(2-3-11)12(14,15)16/h4-5,18H,2-3,6,17H2,1H3. The third-order valence-corrected chi connectivity index (χ3v) is 5.99. The lowest BCUT2D eigenvalue weighted by atomic mass is 10.1. The van der Waals surface area contributed by atoms with Crippen LogP contribution in [0.5, 0.6) is 0 Å². The predicted octanol–water partition coefficient (Wildman–Crippen LogP) is 2.59. The van der Waals surface area contributed by atoms with Gasteiger partial charge < -0.3 is 5.73 Å². The van der Waals surface area contributed by atoms with Crippen LogP contribution < -0.4 is 10.5 Å². The summed E-state index contributed by atoms with van der Waals surface area (Å²) in [5, 5.41) is 0. The molecule has 1 aliphatic rings. The van der Waals surface area contributed by atoms with Crippen LogP contribution >= 0.6 is 15.9 Å². The van der Waals surface area contributed by atoms with Crippen molar-refractivity contribution in [3.05, 3.63) is 27.7 Å². The molecule has 0 amide bonds. The minimum absolute atomic E-state index is 0.0891. The van der Waals surface area contributed by atoms with E-state index in [4.69, 9.17) is 5.73 Å². The van der Waals surface area contributed by atoms with Crippen LogP contribution in [0.4, 0.5) is 13.2 Å². The number of rotatable bonds is 4. The van der Waals surface area contributed by atoms with Crippen molar-refractivity contribution in [2.75, 3.05) is 0 Å². The van der Waals surface area contributed by atoms with E-state index >= 15 is 0 Å². The minimum Gasteiger partial charge on any atom is -0.326 e. The molecule has 1 aromatic rings. The molecular weight excluding hydrogens is 373 g/mol. The molecule has 0 unspecified atom stereocenters. The highest BCUT2D eigenvalue weighted by molar-refractivity contribution is 9.10. The molecule has 0 bridgehead atoms. The fourth-order valence-corrected chi connectivity index (χ4v) is 4.39. The van der Waals surface area contributed by atoms with Gasteiger partial charge in [-0.15, -0.1) is 0 Å². The van der Waals surface area contributed by atoms with Gasteiger partial charge in [-0.2, -0.15) is 17.9 Å². The number of halogens is 4. The van der Waals surface area contributed by atoms with Crippen LogP contribution in [0.15, 0.2) is 21.5 Å². The quantitative estimate of drug-likeness (QED) is 0.835. The average Bonchev–Trinajstić information content (AvgIpc) is 3.11. The van der Waals surface area contributed by atoms with Gasteiger partial charge in [-0.1, -0.05) is 15.9 Å². The number of hydrogen-bond donors (Lipinski definition) is 2. The van der Waals surface area contributed by atoms with Gasteiger partial charge in [-0.3, -0.25) is 0 Å². The van der Waals surface area contributed by atoms with E-state index < -0.39 is 21.7 Å². The van der Waals surface area contributed by atoms with E-state index in [1.807, 2.05) is 0 Å². The lowest BCUT2D eigenvalue weighted by Crippen LogP contribution is -2.47. The van der Waals surface area contributed by atoms with Crippen LogP contribution in [-0.4, -0.2) is 20.1 Å². The Hall–Kier alpha value is -0.640. The average molecular weight is 387 g/mol. The lowest BCUT2D eigenvalue weighted by Gasteiger charge is -2.21.